The smallest absolute Gasteiger partial charge is 0.335 e. The third kappa shape index (κ3) is 5.54. The van der Waals surface area contributed by atoms with Crippen molar-refractivity contribution in [1.82, 2.24) is 4.90 Å². The van der Waals surface area contributed by atoms with Gasteiger partial charge in [0, 0.05) is 19.7 Å². The Morgan fingerprint density at radius 2 is 1.90 bits per heavy atom. The molecular weight excluding hydrogens is 375 g/mol. The Balaban J connectivity index is 1.41. The lowest BCUT2D eigenvalue weighted by Gasteiger charge is -2.38. The molecular formula is C22H31FN2O4. The second-order valence-corrected chi connectivity index (χ2v) is 8.51. The van der Waals surface area contributed by atoms with Crippen molar-refractivity contribution < 1.29 is 23.8 Å². The summed E-state index contributed by atoms with van der Waals surface area (Å²) in [4.78, 5) is 25.4. The second-order valence-electron chi connectivity index (χ2n) is 8.51. The van der Waals surface area contributed by atoms with Crippen LogP contribution in [0.3, 0.4) is 0 Å². The van der Waals surface area contributed by atoms with Gasteiger partial charge in [0.2, 0.25) is 5.91 Å². The topological polar surface area (TPSA) is 92.9 Å². The van der Waals surface area contributed by atoms with E-state index in [-0.39, 0.29) is 24.0 Å². The van der Waals surface area contributed by atoms with Gasteiger partial charge in [0.15, 0.2) is 0 Å². The van der Waals surface area contributed by atoms with Gasteiger partial charge in [-0.2, -0.15) is 0 Å². The van der Waals surface area contributed by atoms with E-state index in [0.717, 1.165) is 44.6 Å². The van der Waals surface area contributed by atoms with Crippen LogP contribution < -0.4 is 5.73 Å². The van der Waals surface area contributed by atoms with Crippen molar-refractivity contribution in [3.63, 3.8) is 0 Å². The summed E-state index contributed by atoms with van der Waals surface area (Å²) in [5.41, 5.74) is 6.72. The number of aromatic carboxylic acids is 1. The Morgan fingerprint density at radius 3 is 2.48 bits per heavy atom. The number of carbonyl (C=O) groups is 2. The molecule has 2 aliphatic carbocycles. The number of nitrogens with two attached hydrogens (primary N) is 1. The van der Waals surface area contributed by atoms with Gasteiger partial charge < -0.3 is 20.5 Å². The molecule has 0 heterocycles. The van der Waals surface area contributed by atoms with E-state index in [4.69, 9.17) is 15.6 Å². The summed E-state index contributed by atoms with van der Waals surface area (Å²) in [6.45, 7) is 0.721. The van der Waals surface area contributed by atoms with Crippen LogP contribution in [-0.2, 0) is 16.1 Å². The Hall–Kier alpha value is -1.99. The van der Waals surface area contributed by atoms with Gasteiger partial charge >= 0.3 is 5.97 Å². The summed E-state index contributed by atoms with van der Waals surface area (Å²) < 4.78 is 19.2. The van der Waals surface area contributed by atoms with E-state index < -0.39 is 17.8 Å². The second kappa shape index (κ2) is 9.67. The first-order valence-electron chi connectivity index (χ1n) is 10.5. The number of likely N-dealkylation sites (N-methyl/N-ethyl adjacent to an activating group) is 1. The van der Waals surface area contributed by atoms with Crippen molar-refractivity contribution in [3.05, 3.63) is 35.1 Å². The number of carboxylic acids is 1. The van der Waals surface area contributed by atoms with Gasteiger partial charge in [0.1, 0.15) is 5.82 Å². The molecule has 6 nitrogen and oxygen atoms in total. The molecule has 0 aromatic heterocycles. The van der Waals surface area contributed by atoms with Crippen LogP contribution in [-0.4, -0.2) is 47.6 Å². The summed E-state index contributed by atoms with van der Waals surface area (Å²) in [5, 5.41) is 9.01. The van der Waals surface area contributed by atoms with E-state index in [1.807, 2.05) is 11.9 Å². The largest absolute Gasteiger partial charge is 0.478 e. The van der Waals surface area contributed by atoms with Gasteiger partial charge in [-0.3, -0.25) is 4.79 Å². The molecule has 1 atom stereocenters. The number of ether oxygens (including phenoxy) is 1. The van der Waals surface area contributed by atoms with Crippen LogP contribution in [0.25, 0.3) is 0 Å². The molecule has 3 N–H and O–H groups in total. The highest BCUT2D eigenvalue weighted by molar-refractivity contribution is 5.87. The fourth-order valence-corrected chi connectivity index (χ4v) is 4.31. The minimum absolute atomic E-state index is 0.0646. The summed E-state index contributed by atoms with van der Waals surface area (Å²) in [7, 11) is 1.87. The number of nitrogens with zero attached hydrogens (tertiary/aromatic N) is 1. The number of carboxylic acid groups (broad SMARTS) is 1. The molecule has 0 aliphatic heterocycles. The van der Waals surface area contributed by atoms with Crippen molar-refractivity contribution in [2.24, 2.45) is 17.6 Å². The molecule has 0 unspecified atom stereocenters. The minimum Gasteiger partial charge on any atom is -0.478 e. The zero-order valence-electron chi connectivity index (χ0n) is 17.0. The zero-order valence-corrected chi connectivity index (χ0v) is 17.0. The molecule has 160 valence electrons. The lowest BCUT2D eigenvalue weighted by atomic mass is 9.78. The molecule has 2 saturated carbocycles. The Kier molecular flexibility index (Phi) is 7.24. The van der Waals surface area contributed by atoms with E-state index in [1.165, 1.54) is 18.6 Å². The first-order chi connectivity index (χ1) is 13.8. The fraction of sp³-hybridized carbons (Fsp3) is 0.636. The molecule has 0 saturated heterocycles. The first kappa shape index (κ1) is 21.7. The normalized spacial score (nSPS) is 23.3. The third-order valence-corrected chi connectivity index (χ3v) is 6.48. The molecule has 3 rings (SSSR count). The molecule has 0 radical (unpaired) electrons. The van der Waals surface area contributed by atoms with Crippen molar-refractivity contribution in [3.8, 4) is 0 Å². The van der Waals surface area contributed by atoms with E-state index in [2.05, 4.69) is 0 Å². The van der Waals surface area contributed by atoms with Crippen molar-refractivity contribution in [2.45, 2.75) is 63.6 Å². The molecule has 2 fully saturated rings. The number of amides is 1. The monoisotopic (exact) mass is 406 g/mol. The van der Waals surface area contributed by atoms with E-state index >= 15 is 0 Å². The van der Waals surface area contributed by atoms with E-state index in [1.54, 1.807) is 0 Å². The maximum Gasteiger partial charge on any atom is 0.335 e. The molecule has 2 aliphatic rings. The highest BCUT2D eigenvalue weighted by atomic mass is 19.1. The van der Waals surface area contributed by atoms with E-state index in [0.29, 0.717) is 24.1 Å². The van der Waals surface area contributed by atoms with Gasteiger partial charge in [-0.05, 0) is 80.5 Å². The van der Waals surface area contributed by atoms with Gasteiger partial charge in [0.25, 0.3) is 0 Å². The lowest BCUT2D eigenvalue weighted by Crippen LogP contribution is -2.52. The lowest BCUT2D eigenvalue weighted by molar-refractivity contribution is -0.136. The Labute approximate surface area is 171 Å². The van der Waals surface area contributed by atoms with Crippen LogP contribution in [0.4, 0.5) is 4.39 Å². The van der Waals surface area contributed by atoms with Crippen LogP contribution >= 0.6 is 0 Å². The summed E-state index contributed by atoms with van der Waals surface area (Å²) in [5.74, 6) is -1.07. The first-order valence-corrected chi connectivity index (χ1v) is 10.5. The van der Waals surface area contributed by atoms with Crippen molar-refractivity contribution in [2.75, 3.05) is 13.7 Å². The number of hydrogen-bond donors (Lipinski definition) is 2. The molecule has 1 aromatic rings. The van der Waals surface area contributed by atoms with Gasteiger partial charge in [-0.25, -0.2) is 9.18 Å². The molecule has 29 heavy (non-hydrogen) atoms. The molecule has 1 aromatic carbocycles. The molecule has 1 amide bonds. The number of halogens is 1. The molecule has 7 heteroatoms. The maximum absolute atomic E-state index is 13.5. The average Bonchev–Trinajstić information content (AvgIpc) is 2.65. The van der Waals surface area contributed by atoms with E-state index in [9.17, 15) is 14.0 Å². The zero-order chi connectivity index (χ0) is 21.0. The minimum atomic E-state index is -1.15. The standard InChI is InChI=1S/C22H31FN2O4/c1-25(19-3-2-4-19)21(26)20(24)16-7-5-14(6-8-16)12-29-13-15-9-17(22(27)28)11-18(23)10-15/h9-11,14,16,19-20H,2-8,12-13,24H2,1H3,(H,27,28)/t14?,16?,20-/m0/s1. The van der Waals surface area contributed by atoms with Gasteiger partial charge in [-0.1, -0.05) is 0 Å². The maximum atomic E-state index is 13.5. The van der Waals surface area contributed by atoms with Crippen LogP contribution in [0.2, 0.25) is 0 Å². The summed E-state index contributed by atoms with van der Waals surface area (Å²) >= 11 is 0. The number of benzene rings is 1. The predicted molar refractivity (Wildman–Crippen MR) is 107 cm³/mol. The summed E-state index contributed by atoms with van der Waals surface area (Å²) in [6.07, 6.45) is 7.06. The van der Waals surface area contributed by atoms with Crippen LogP contribution in [0.5, 0.6) is 0 Å². The summed E-state index contributed by atoms with van der Waals surface area (Å²) in [6, 6.07) is 3.67. The van der Waals surface area contributed by atoms with Crippen LogP contribution in [0, 0.1) is 17.7 Å². The Morgan fingerprint density at radius 1 is 1.21 bits per heavy atom. The van der Waals surface area contributed by atoms with Crippen molar-refractivity contribution >= 4 is 11.9 Å². The highest BCUT2D eigenvalue weighted by Crippen LogP contribution is 2.32. The number of hydrogen-bond acceptors (Lipinski definition) is 4. The number of carbonyl (C=O) groups excluding carboxylic acids is 1. The number of rotatable bonds is 8. The SMILES string of the molecule is CN(C(=O)[C@@H](N)C1CCC(COCc2cc(F)cc(C(=O)O)c2)CC1)C1CCC1. The predicted octanol–water partition coefficient (Wildman–Crippen LogP) is 3.19. The highest BCUT2D eigenvalue weighted by Gasteiger charge is 2.34. The van der Waals surface area contributed by atoms with Crippen molar-refractivity contribution in [1.29, 1.82) is 0 Å². The van der Waals surface area contributed by atoms with Gasteiger partial charge in [-0.15, -0.1) is 0 Å². The fourth-order valence-electron chi connectivity index (χ4n) is 4.31. The van der Waals surface area contributed by atoms with Gasteiger partial charge in [0.05, 0.1) is 18.2 Å². The molecule has 0 spiro atoms. The Bertz CT molecular complexity index is 730. The third-order valence-electron chi connectivity index (χ3n) is 6.48. The van der Waals surface area contributed by atoms with Crippen LogP contribution in [0.15, 0.2) is 18.2 Å². The average molecular weight is 406 g/mol. The molecule has 0 bridgehead atoms. The quantitative estimate of drug-likeness (QED) is 0.692. The van der Waals surface area contributed by atoms with Crippen LogP contribution in [0.1, 0.15) is 60.9 Å².